The van der Waals surface area contributed by atoms with Crippen LogP contribution in [0.5, 0.6) is 5.75 Å². The summed E-state index contributed by atoms with van der Waals surface area (Å²) in [6.07, 6.45) is 6.46. The molecular weight excluding hydrogens is 386 g/mol. The van der Waals surface area contributed by atoms with Crippen LogP contribution in [0.4, 0.5) is 5.82 Å². The number of hydrogen-bond acceptors (Lipinski definition) is 4. The Morgan fingerprint density at radius 2 is 1.77 bits per heavy atom. The molecule has 1 aromatic heterocycles. The molecule has 31 heavy (non-hydrogen) atoms. The fourth-order valence-corrected chi connectivity index (χ4v) is 3.07. The summed E-state index contributed by atoms with van der Waals surface area (Å²) < 4.78 is 5.77. The number of carbonyl (C=O) groups excluding carboxylic acids is 1. The predicted molar refractivity (Wildman–Crippen MR) is 129 cm³/mol. The van der Waals surface area contributed by atoms with E-state index in [1.54, 1.807) is 12.1 Å². The Morgan fingerprint density at radius 3 is 2.45 bits per heavy atom. The Bertz CT molecular complexity index is 890. The van der Waals surface area contributed by atoms with Crippen molar-refractivity contribution in [1.29, 1.82) is 0 Å². The molecule has 0 fully saturated rings. The molecule has 0 saturated carbocycles. The summed E-state index contributed by atoms with van der Waals surface area (Å²) >= 11 is 0. The third-order valence-electron chi connectivity index (χ3n) is 4.70. The molecule has 0 aliphatic heterocycles. The van der Waals surface area contributed by atoms with Crippen molar-refractivity contribution < 1.29 is 9.53 Å². The number of carbonyl (C=O) groups is 1. The average Bonchev–Trinajstić information content (AvgIpc) is 2.70. The molecule has 0 aliphatic carbocycles. The zero-order valence-corrected chi connectivity index (χ0v) is 19.4. The van der Waals surface area contributed by atoms with Crippen LogP contribution in [0.25, 0.3) is 0 Å². The second-order valence-electron chi connectivity index (χ2n) is 8.06. The summed E-state index contributed by atoms with van der Waals surface area (Å²) in [5.74, 6) is 1.48. The van der Waals surface area contributed by atoms with Gasteiger partial charge in [0.2, 0.25) is 0 Å². The van der Waals surface area contributed by atoms with Crippen molar-refractivity contribution in [3.8, 4) is 5.75 Å². The lowest BCUT2D eigenvalue weighted by molar-refractivity contribution is 0.0955. The third kappa shape index (κ3) is 9.51. The highest BCUT2D eigenvalue weighted by Crippen LogP contribution is 2.13. The Labute approximate surface area is 186 Å². The molecule has 0 saturated heterocycles. The van der Waals surface area contributed by atoms with Gasteiger partial charge in [0.25, 0.3) is 5.91 Å². The first kappa shape index (κ1) is 24.2. The molecule has 166 valence electrons. The van der Waals surface area contributed by atoms with Crippen LogP contribution in [0, 0.1) is 13.8 Å². The molecule has 0 spiro atoms. The Balaban J connectivity index is 1.71. The molecule has 0 bridgehead atoms. The maximum Gasteiger partial charge on any atom is 0.251 e. The number of hydrogen-bond donors (Lipinski definition) is 2. The van der Waals surface area contributed by atoms with Gasteiger partial charge in [-0.2, -0.15) is 0 Å². The first-order valence-corrected chi connectivity index (χ1v) is 10.8. The third-order valence-corrected chi connectivity index (χ3v) is 4.70. The number of aryl methyl sites for hydroxylation is 2. The highest BCUT2D eigenvalue weighted by molar-refractivity contribution is 5.94. The number of nitrogens with zero attached hydrogens (tertiary/aromatic N) is 1. The first-order chi connectivity index (χ1) is 14.8. The number of nitrogens with one attached hydrogen (secondary N) is 2. The maximum absolute atomic E-state index is 12.3. The highest BCUT2D eigenvalue weighted by atomic mass is 16.5. The summed E-state index contributed by atoms with van der Waals surface area (Å²) in [4.78, 5) is 16.7. The van der Waals surface area contributed by atoms with E-state index < -0.39 is 0 Å². The van der Waals surface area contributed by atoms with Crippen molar-refractivity contribution >= 4 is 11.7 Å². The van der Waals surface area contributed by atoms with Gasteiger partial charge in [0.15, 0.2) is 0 Å². The fraction of sp³-hybridized carbons (Fsp3) is 0.385. The van der Waals surface area contributed by atoms with Crippen molar-refractivity contribution in [3.05, 3.63) is 76.5 Å². The van der Waals surface area contributed by atoms with Crippen molar-refractivity contribution in [2.75, 3.05) is 25.0 Å². The Kier molecular flexibility index (Phi) is 9.82. The fourth-order valence-electron chi connectivity index (χ4n) is 3.07. The van der Waals surface area contributed by atoms with Crippen LogP contribution in [0.1, 0.15) is 55.2 Å². The van der Waals surface area contributed by atoms with E-state index in [4.69, 9.17) is 4.74 Å². The molecule has 0 radical (unpaired) electrons. The van der Waals surface area contributed by atoms with Gasteiger partial charge in [-0.1, -0.05) is 17.2 Å². The van der Waals surface area contributed by atoms with E-state index in [1.165, 1.54) is 11.1 Å². The molecule has 0 unspecified atom stereocenters. The lowest BCUT2D eigenvalue weighted by Crippen LogP contribution is -2.28. The number of aromatic nitrogens is 1. The van der Waals surface area contributed by atoms with Crippen LogP contribution in [0.15, 0.2) is 59.7 Å². The van der Waals surface area contributed by atoms with Crippen LogP contribution in [-0.4, -0.2) is 30.6 Å². The summed E-state index contributed by atoms with van der Waals surface area (Å²) in [6, 6.07) is 11.3. The van der Waals surface area contributed by atoms with Crippen molar-refractivity contribution in [1.82, 2.24) is 10.3 Å². The molecule has 5 heteroatoms. The van der Waals surface area contributed by atoms with Crippen LogP contribution in [0.3, 0.4) is 0 Å². The van der Waals surface area contributed by atoms with Gasteiger partial charge >= 0.3 is 0 Å². The quantitative estimate of drug-likeness (QED) is 0.365. The minimum atomic E-state index is -0.100. The lowest BCUT2D eigenvalue weighted by atomic mass is 10.1. The standard InChI is InChI=1S/C26H35N3O2/c1-19(2)7-6-8-20(3)13-16-31-24-11-9-23(10-12-24)26(30)28-15-14-27-25-18-21(4)17-22(5)29-25/h7,9-13,17-18H,6,8,14-16H2,1-5H3,(H,27,29)(H,28,30). The largest absolute Gasteiger partial charge is 0.490 e. The second-order valence-corrected chi connectivity index (χ2v) is 8.06. The van der Waals surface area contributed by atoms with E-state index in [1.807, 2.05) is 38.1 Å². The number of benzene rings is 1. The van der Waals surface area contributed by atoms with E-state index in [9.17, 15) is 4.79 Å². The smallest absolute Gasteiger partial charge is 0.251 e. The Hall–Kier alpha value is -3.08. The zero-order valence-electron chi connectivity index (χ0n) is 19.4. The molecule has 2 N–H and O–H groups in total. The van der Waals surface area contributed by atoms with Gasteiger partial charge in [-0.05, 0) is 95.5 Å². The van der Waals surface area contributed by atoms with Crippen LogP contribution in [0.2, 0.25) is 0 Å². The minimum Gasteiger partial charge on any atom is -0.490 e. The number of ether oxygens (including phenoxy) is 1. The van der Waals surface area contributed by atoms with Crippen molar-refractivity contribution in [2.24, 2.45) is 0 Å². The molecule has 0 aliphatic rings. The van der Waals surface area contributed by atoms with E-state index >= 15 is 0 Å². The highest BCUT2D eigenvalue weighted by Gasteiger charge is 2.05. The van der Waals surface area contributed by atoms with Crippen LogP contribution >= 0.6 is 0 Å². The number of anilines is 1. The number of rotatable bonds is 11. The average molecular weight is 422 g/mol. The SMILES string of the molecule is CC(C)=CCCC(C)=CCOc1ccc(C(=O)NCCNc2cc(C)cc(C)n2)cc1. The monoisotopic (exact) mass is 421 g/mol. The van der Waals surface area contributed by atoms with Crippen molar-refractivity contribution in [2.45, 2.75) is 47.5 Å². The predicted octanol–water partition coefficient (Wildman–Crippen LogP) is 5.61. The lowest BCUT2D eigenvalue weighted by Gasteiger charge is -2.09. The summed E-state index contributed by atoms with van der Waals surface area (Å²) in [7, 11) is 0. The van der Waals surface area contributed by atoms with E-state index in [2.05, 4.69) is 48.5 Å². The number of pyridine rings is 1. The Morgan fingerprint density at radius 1 is 1.03 bits per heavy atom. The van der Waals surface area contributed by atoms with Gasteiger partial charge in [-0.15, -0.1) is 0 Å². The summed E-state index contributed by atoms with van der Waals surface area (Å²) in [5.41, 5.74) is 5.42. The molecule has 0 atom stereocenters. The molecule has 2 aromatic rings. The molecule has 5 nitrogen and oxygen atoms in total. The first-order valence-electron chi connectivity index (χ1n) is 10.8. The zero-order chi connectivity index (χ0) is 22.6. The van der Waals surface area contributed by atoms with E-state index in [0.717, 1.165) is 35.7 Å². The van der Waals surface area contributed by atoms with Gasteiger partial charge in [-0.3, -0.25) is 4.79 Å². The normalized spacial score (nSPS) is 11.1. The summed E-state index contributed by atoms with van der Waals surface area (Å²) in [5, 5.41) is 6.16. The van der Waals surface area contributed by atoms with Crippen LogP contribution < -0.4 is 15.4 Å². The van der Waals surface area contributed by atoms with Crippen molar-refractivity contribution in [3.63, 3.8) is 0 Å². The van der Waals surface area contributed by atoms with Gasteiger partial charge in [0, 0.05) is 24.3 Å². The van der Waals surface area contributed by atoms with Gasteiger partial charge < -0.3 is 15.4 Å². The molecule has 2 rings (SSSR count). The molecule has 1 amide bonds. The van der Waals surface area contributed by atoms with E-state index in [-0.39, 0.29) is 5.91 Å². The van der Waals surface area contributed by atoms with Gasteiger partial charge in [-0.25, -0.2) is 4.98 Å². The maximum atomic E-state index is 12.3. The molecular formula is C26H35N3O2. The number of allylic oxidation sites excluding steroid dienone is 3. The minimum absolute atomic E-state index is 0.100. The van der Waals surface area contributed by atoms with Crippen LogP contribution in [-0.2, 0) is 0 Å². The van der Waals surface area contributed by atoms with Gasteiger partial charge in [0.05, 0.1) is 0 Å². The molecule has 1 heterocycles. The topological polar surface area (TPSA) is 63.2 Å². The summed E-state index contributed by atoms with van der Waals surface area (Å²) in [6.45, 7) is 12.0. The molecule has 1 aromatic carbocycles. The van der Waals surface area contributed by atoms with Gasteiger partial charge in [0.1, 0.15) is 18.2 Å². The van der Waals surface area contributed by atoms with E-state index in [0.29, 0.717) is 25.3 Å². The number of amides is 1. The second kappa shape index (κ2) is 12.6.